The fraction of sp³-hybridized carbons (Fsp3) is 0.300. The van der Waals surface area contributed by atoms with E-state index in [4.69, 9.17) is 0 Å². The molecule has 0 spiro atoms. The zero-order valence-electron chi connectivity index (χ0n) is 7.91. The fourth-order valence-electron chi connectivity index (χ4n) is 1.49. The van der Waals surface area contributed by atoms with E-state index in [1.807, 2.05) is 6.26 Å². The molecule has 4 heteroatoms. The molecular weight excluding hydrogens is 196 g/mol. The van der Waals surface area contributed by atoms with Gasteiger partial charge >= 0.3 is 6.03 Å². The van der Waals surface area contributed by atoms with Crippen molar-refractivity contribution in [2.75, 3.05) is 12.8 Å². The van der Waals surface area contributed by atoms with Gasteiger partial charge in [0.05, 0.1) is 6.04 Å². The number of urea groups is 1. The summed E-state index contributed by atoms with van der Waals surface area (Å²) in [5.41, 5.74) is 1.15. The van der Waals surface area contributed by atoms with Crippen molar-refractivity contribution in [3.63, 3.8) is 0 Å². The lowest BCUT2D eigenvalue weighted by atomic mass is 10.1. The highest BCUT2D eigenvalue weighted by Gasteiger charge is 2.20. The maximum absolute atomic E-state index is 10.9. The summed E-state index contributed by atoms with van der Waals surface area (Å²) in [6.07, 6.45) is 2.05. The molecule has 14 heavy (non-hydrogen) atoms. The zero-order valence-corrected chi connectivity index (χ0v) is 8.73. The molecule has 0 aromatic heterocycles. The van der Waals surface area contributed by atoms with Gasteiger partial charge in [0.1, 0.15) is 0 Å². The Hall–Kier alpha value is -1.16. The van der Waals surface area contributed by atoms with E-state index >= 15 is 0 Å². The molecule has 2 rings (SSSR count). The average molecular weight is 208 g/mol. The highest BCUT2D eigenvalue weighted by molar-refractivity contribution is 7.98. The minimum atomic E-state index is -0.0797. The first-order valence-electron chi connectivity index (χ1n) is 4.48. The maximum atomic E-state index is 10.9. The summed E-state index contributed by atoms with van der Waals surface area (Å²) in [6, 6.07) is 8.31. The number of amides is 2. The molecule has 0 radical (unpaired) electrons. The van der Waals surface area contributed by atoms with Gasteiger partial charge in [-0.15, -0.1) is 11.8 Å². The van der Waals surface area contributed by atoms with Crippen LogP contribution in [0.15, 0.2) is 29.2 Å². The Morgan fingerprint density at radius 1 is 1.36 bits per heavy atom. The second-order valence-corrected chi connectivity index (χ2v) is 4.06. The smallest absolute Gasteiger partial charge is 0.315 e. The lowest BCUT2D eigenvalue weighted by molar-refractivity contribution is 0.247. The number of carbonyl (C=O) groups excluding carboxylic acids is 1. The van der Waals surface area contributed by atoms with Crippen molar-refractivity contribution in [2.24, 2.45) is 0 Å². The highest BCUT2D eigenvalue weighted by atomic mass is 32.2. The Labute approximate surface area is 87.3 Å². The molecule has 0 saturated carbocycles. The normalized spacial score (nSPS) is 20.4. The van der Waals surface area contributed by atoms with E-state index in [2.05, 4.69) is 34.9 Å². The van der Waals surface area contributed by atoms with Crippen LogP contribution in [0.25, 0.3) is 0 Å². The van der Waals surface area contributed by atoms with Gasteiger partial charge in [0.25, 0.3) is 0 Å². The van der Waals surface area contributed by atoms with Gasteiger partial charge in [-0.25, -0.2) is 4.79 Å². The van der Waals surface area contributed by atoms with Gasteiger partial charge in [-0.2, -0.15) is 0 Å². The van der Waals surface area contributed by atoms with Crippen LogP contribution in [0.4, 0.5) is 4.79 Å². The molecule has 2 amide bonds. The summed E-state index contributed by atoms with van der Waals surface area (Å²) in [5, 5.41) is 5.59. The van der Waals surface area contributed by atoms with Crippen LogP contribution in [-0.2, 0) is 0 Å². The Kier molecular flexibility index (Phi) is 2.63. The van der Waals surface area contributed by atoms with E-state index in [0.717, 1.165) is 5.56 Å². The Bertz CT molecular complexity index is 336. The number of nitrogens with one attached hydrogen (secondary N) is 2. The Morgan fingerprint density at radius 2 is 2.07 bits per heavy atom. The van der Waals surface area contributed by atoms with Gasteiger partial charge in [0, 0.05) is 11.4 Å². The van der Waals surface area contributed by atoms with Crippen molar-refractivity contribution in [1.82, 2.24) is 10.6 Å². The average Bonchev–Trinajstić information content (AvgIpc) is 2.65. The SMILES string of the molecule is CSc1ccc([C@H]2CNC(=O)N2)cc1. The topological polar surface area (TPSA) is 41.1 Å². The number of benzene rings is 1. The van der Waals surface area contributed by atoms with E-state index in [1.165, 1.54) is 4.90 Å². The molecule has 74 valence electrons. The summed E-state index contributed by atoms with van der Waals surface area (Å²) >= 11 is 1.72. The third-order valence-corrected chi connectivity index (χ3v) is 3.03. The van der Waals surface area contributed by atoms with Crippen molar-refractivity contribution < 1.29 is 4.79 Å². The van der Waals surface area contributed by atoms with Crippen LogP contribution in [-0.4, -0.2) is 18.8 Å². The lowest BCUT2D eigenvalue weighted by Gasteiger charge is -2.08. The predicted molar refractivity (Wildman–Crippen MR) is 57.5 cm³/mol. The summed E-state index contributed by atoms with van der Waals surface area (Å²) in [4.78, 5) is 12.2. The van der Waals surface area contributed by atoms with Crippen molar-refractivity contribution in [1.29, 1.82) is 0 Å². The molecule has 1 aliphatic heterocycles. The van der Waals surface area contributed by atoms with Crippen LogP contribution in [0, 0.1) is 0 Å². The summed E-state index contributed by atoms with van der Waals surface area (Å²) < 4.78 is 0. The molecule has 1 aromatic rings. The van der Waals surface area contributed by atoms with Gasteiger partial charge in [0.15, 0.2) is 0 Å². The first-order valence-corrected chi connectivity index (χ1v) is 5.70. The quantitative estimate of drug-likeness (QED) is 0.727. The van der Waals surface area contributed by atoms with Gasteiger partial charge in [-0.1, -0.05) is 12.1 Å². The third kappa shape index (κ3) is 1.85. The van der Waals surface area contributed by atoms with E-state index in [-0.39, 0.29) is 12.1 Å². The molecule has 2 N–H and O–H groups in total. The van der Waals surface area contributed by atoms with Crippen LogP contribution >= 0.6 is 11.8 Å². The van der Waals surface area contributed by atoms with Gasteiger partial charge in [-0.3, -0.25) is 0 Å². The second-order valence-electron chi connectivity index (χ2n) is 3.18. The summed E-state index contributed by atoms with van der Waals surface area (Å²) in [5.74, 6) is 0. The van der Waals surface area contributed by atoms with E-state index < -0.39 is 0 Å². The lowest BCUT2D eigenvalue weighted by Crippen LogP contribution is -2.21. The Morgan fingerprint density at radius 3 is 2.57 bits per heavy atom. The van der Waals surface area contributed by atoms with Crippen molar-refractivity contribution in [2.45, 2.75) is 10.9 Å². The molecule has 0 aliphatic carbocycles. The number of carbonyl (C=O) groups is 1. The molecule has 0 unspecified atom stereocenters. The fourth-order valence-corrected chi connectivity index (χ4v) is 1.90. The van der Waals surface area contributed by atoms with Gasteiger partial charge in [-0.05, 0) is 24.0 Å². The number of rotatable bonds is 2. The van der Waals surface area contributed by atoms with Gasteiger partial charge in [0.2, 0.25) is 0 Å². The molecule has 1 fully saturated rings. The molecule has 0 bridgehead atoms. The largest absolute Gasteiger partial charge is 0.336 e. The Balaban J connectivity index is 2.13. The van der Waals surface area contributed by atoms with Crippen molar-refractivity contribution >= 4 is 17.8 Å². The van der Waals surface area contributed by atoms with Crippen LogP contribution < -0.4 is 10.6 Å². The van der Waals surface area contributed by atoms with Crippen LogP contribution in [0.2, 0.25) is 0 Å². The number of thioether (sulfide) groups is 1. The second kappa shape index (κ2) is 3.92. The van der Waals surface area contributed by atoms with Crippen molar-refractivity contribution in [3.8, 4) is 0 Å². The summed E-state index contributed by atoms with van der Waals surface area (Å²) in [6.45, 7) is 0.678. The van der Waals surface area contributed by atoms with Crippen molar-refractivity contribution in [3.05, 3.63) is 29.8 Å². The van der Waals surface area contributed by atoms with Gasteiger partial charge < -0.3 is 10.6 Å². The molecule has 3 nitrogen and oxygen atoms in total. The van der Waals surface area contributed by atoms with E-state index in [0.29, 0.717) is 6.54 Å². The first-order chi connectivity index (χ1) is 6.79. The molecule has 1 heterocycles. The maximum Gasteiger partial charge on any atom is 0.315 e. The number of hydrogen-bond acceptors (Lipinski definition) is 2. The van der Waals surface area contributed by atoms with E-state index in [9.17, 15) is 4.79 Å². The van der Waals surface area contributed by atoms with Crippen LogP contribution in [0.1, 0.15) is 11.6 Å². The van der Waals surface area contributed by atoms with E-state index in [1.54, 1.807) is 11.8 Å². The minimum Gasteiger partial charge on any atom is -0.336 e. The molecule has 1 aliphatic rings. The molecule has 1 atom stereocenters. The zero-order chi connectivity index (χ0) is 9.97. The predicted octanol–water partition coefficient (Wildman–Crippen LogP) is 1.76. The molecule has 1 saturated heterocycles. The highest BCUT2D eigenvalue weighted by Crippen LogP contribution is 2.20. The number of hydrogen-bond donors (Lipinski definition) is 2. The molecule has 1 aromatic carbocycles. The first kappa shape index (κ1) is 9.40. The summed E-state index contributed by atoms with van der Waals surface area (Å²) in [7, 11) is 0. The standard InChI is InChI=1S/C10H12N2OS/c1-14-8-4-2-7(3-5-8)9-6-11-10(13)12-9/h2-5,9H,6H2,1H3,(H2,11,12,13)/t9-/m1/s1. The monoisotopic (exact) mass is 208 g/mol. The molecular formula is C10H12N2OS. The van der Waals surface area contributed by atoms with Crippen LogP contribution in [0.3, 0.4) is 0 Å². The third-order valence-electron chi connectivity index (χ3n) is 2.29. The minimum absolute atomic E-state index is 0.0797. The van der Waals surface area contributed by atoms with Crippen LogP contribution in [0.5, 0.6) is 0 Å².